The Morgan fingerprint density at radius 3 is 2.51 bits per heavy atom. The number of aliphatic hydroxyl groups is 2. The monoisotopic (exact) mass is 493 g/mol. The smallest absolute Gasteiger partial charge is 0.166 e. The molecular weight excluding hydrogens is 446 g/mol. The maximum absolute atomic E-state index is 12.3. The van der Waals surface area contributed by atoms with Gasteiger partial charge in [-0.1, -0.05) is 6.92 Å². The van der Waals surface area contributed by atoms with Crippen molar-refractivity contribution in [3.63, 3.8) is 0 Å². The van der Waals surface area contributed by atoms with E-state index in [1.165, 1.54) is 0 Å². The third kappa shape index (κ3) is 3.48. The van der Waals surface area contributed by atoms with E-state index in [0.29, 0.717) is 30.8 Å². The highest BCUT2D eigenvalue weighted by Crippen LogP contribution is 2.72. The van der Waals surface area contributed by atoms with E-state index in [0.717, 1.165) is 57.8 Å². The van der Waals surface area contributed by atoms with Gasteiger partial charge >= 0.3 is 0 Å². The second-order valence-electron chi connectivity index (χ2n) is 13.4. The van der Waals surface area contributed by atoms with E-state index in [1.807, 2.05) is 13.8 Å². The number of hydrogen-bond donors (Lipinski definition) is 3. The molecule has 0 aromatic carbocycles. The van der Waals surface area contributed by atoms with Crippen molar-refractivity contribution in [3.05, 3.63) is 0 Å². The predicted molar refractivity (Wildman–Crippen MR) is 130 cm³/mol. The Morgan fingerprint density at radius 1 is 0.943 bits per heavy atom. The van der Waals surface area contributed by atoms with Gasteiger partial charge in [0.1, 0.15) is 0 Å². The summed E-state index contributed by atoms with van der Waals surface area (Å²) in [6, 6.07) is -0.116. The molecule has 0 amide bonds. The molecule has 2 aliphatic heterocycles. The van der Waals surface area contributed by atoms with Crippen molar-refractivity contribution < 1.29 is 29.2 Å². The third-order valence-corrected chi connectivity index (χ3v) is 12.2. The number of nitrogens with two attached hydrogens (primary N) is 1. The fraction of sp³-hybridized carbons (Fsp3) is 1.00. The molecule has 6 rings (SSSR count). The van der Waals surface area contributed by atoms with Crippen LogP contribution in [0.1, 0.15) is 85.0 Å². The molecule has 0 aromatic rings. The summed E-state index contributed by atoms with van der Waals surface area (Å²) in [6.07, 6.45) is 9.80. The van der Waals surface area contributed by atoms with Gasteiger partial charge in [0.25, 0.3) is 0 Å². The lowest BCUT2D eigenvalue weighted by molar-refractivity contribution is -0.255. The molecule has 6 aliphatic rings. The summed E-state index contributed by atoms with van der Waals surface area (Å²) in [6.45, 7) is 6.82. The predicted octanol–water partition coefficient (Wildman–Crippen LogP) is 3.34. The van der Waals surface area contributed by atoms with Crippen molar-refractivity contribution in [2.45, 2.75) is 127 Å². The van der Waals surface area contributed by atoms with E-state index >= 15 is 0 Å². The standard InChI is InChI=1S/C28H47NO6/c1-16-24(29)21(32-4)14-23(34-16)35-18-7-10-25(2)17(13-18)5-6-20-19(25)8-11-27-15-33-26(3,30)22(27)9-12-28(20,27)31/h16-24,30-31H,5-15,29H2,1-4H3/t16-,17-,18-,19+,20+,21-,22+,23+,24+,25-,26-,27-,28-/m0/s1. The lowest BCUT2D eigenvalue weighted by atomic mass is 9.43. The minimum atomic E-state index is -1.10. The van der Waals surface area contributed by atoms with Crippen LogP contribution < -0.4 is 5.73 Å². The summed E-state index contributed by atoms with van der Waals surface area (Å²) < 4.78 is 24.2. The maximum atomic E-state index is 12.3. The zero-order valence-electron chi connectivity index (χ0n) is 22.1. The van der Waals surface area contributed by atoms with Gasteiger partial charge in [-0.05, 0) is 94.8 Å². The average Bonchev–Trinajstić information content (AvgIpc) is 3.28. The van der Waals surface area contributed by atoms with Gasteiger partial charge in [-0.2, -0.15) is 0 Å². The normalized spacial score (nSPS) is 59.9. The summed E-state index contributed by atoms with van der Waals surface area (Å²) in [5.74, 6) is 0.408. The first-order valence-corrected chi connectivity index (χ1v) is 14.2. The molecule has 0 radical (unpaired) electrons. The van der Waals surface area contributed by atoms with Crippen molar-refractivity contribution in [3.8, 4) is 0 Å². The molecule has 6 fully saturated rings. The third-order valence-electron chi connectivity index (χ3n) is 12.2. The van der Waals surface area contributed by atoms with Crippen molar-refractivity contribution in [1.82, 2.24) is 0 Å². The zero-order chi connectivity index (χ0) is 24.8. The van der Waals surface area contributed by atoms with Gasteiger partial charge in [0, 0.05) is 24.9 Å². The van der Waals surface area contributed by atoms with E-state index < -0.39 is 11.4 Å². The SMILES string of the molecule is CO[C@H]1C[C@@H](O[C@H]2CC[C@@]3(C)[C@@H](CC[C@@H]4[C@H]3CC[C@]35CO[C@](C)(O)[C@H]3CC[C@]45O)C2)O[C@@H](C)[C@H]1N. The molecular formula is C28H47NO6. The van der Waals surface area contributed by atoms with Crippen LogP contribution in [0.15, 0.2) is 0 Å². The first-order valence-electron chi connectivity index (χ1n) is 14.2. The van der Waals surface area contributed by atoms with E-state index in [9.17, 15) is 10.2 Å². The van der Waals surface area contributed by atoms with Crippen LogP contribution in [0.3, 0.4) is 0 Å². The first kappa shape index (κ1) is 25.0. The average molecular weight is 494 g/mol. The van der Waals surface area contributed by atoms with Crippen molar-refractivity contribution >= 4 is 0 Å². The second kappa shape index (κ2) is 8.36. The minimum Gasteiger partial charge on any atom is -0.389 e. The molecule has 35 heavy (non-hydrogen) atoms. The second-order valence-corrected chi connectivity index (χ2v) is 13.4. The lowest BCUT2D eigenvalue weighted by Gasteiger charge is -2.63. The molecule has 1 spiro atoms. The van der Waals surface area contributed by atoms with Crippen LogP contribution in [-0.2, 0) is 18.9 Å². The van der Waals surface area contributed by atoms with Gasteiger partial charge < -0.3 is 34.9 Å². The fourth-order valence-electron chi connectivity index (χ4n) is 10.2. The molecule has 2 heterocycles. The number of methoxy groups -OCH3 is 1. The molecule has 0 unspecified atom stereocenters. The molecule has 200 valence electrons. The molecule has 4 aliphatic carbocycles. The van der Waals surface area contributed by atoms with Crippen LogP contribution >= 0.6 is 0 Å². The Hall–Kier alpha value is -0.280. The summed E-state index contributed by atoms with van der Waals surface area (Å²) >= 11 is 0. The maximum Gasteiger partial charge on any atom is 0.166 e. The van der Waals surface area contributed by atoms with E-state index in [-0.39, 0.29) is 47.4 Å². The van der Waals surface area contributed by atoms with Crippen LogP contribution in [0, 0.1) is 34.5 Å². The van der Waals surface area contributed by atoms with Gasteiger partial charge in [-0.15, -0.1) is 0 Å². The van der Waals surface area contributed by atoms with Crippen LogP contribution in [0.25, 0.3) is 0 Å². The Bertz CT molecular complexity index is 823. The Balaban J connectivity index is 1.15. The largest absolute Gasteiger partial charge is 0.389 e. The van der Waals surface area contributed by atoms with Gasteiger partial charge in [-0.3, -0.25) is 0 Å². The Labute approximate surface area is 210 Å². The van der Waals surface area contributed by atoms with Crippen LogP contribution in [-0.4, -0.2) is 66.0 Å². The first-order chi connectivity index (χ1) is 16.5. The van der Waals surface area contributed by atoms with E-state index in [4.69, 9.17) is 24.7 Å². The summed E-state index contributed by atoms with van der Waals surface area (Å²) in [5, 5.41) is 23.2. The lowest BCUT2D eigenvalue weighted by Crippen LogP contribution is -2.63. The van der Waals surface area contributed by atoms with Crippen LogP contribution in [0.5, 0.6) is 0 Å². The summed E-state index contributed by atoms with van der Waals surface area (Å²) in [4.78, 5) is 0. The van der Waals surface area contributed by atoms with E-state index in [2.05, 4.69) is 6.92 Å². The highest BCUT2D eigenvalue weighted by molar-refractivity contribution is 5.21. The van der Waals surface area contributed by atoms with Crippen molar-refractivity contribution in [1.29, 1.82) is 0 Å². The zero-order valence-corrected chi connectivity index (χ0v) is 22.1. The summed E-state index contributed by atoms with van der Waals surface area (Å²) in [7, 11) is 1.72. The Morgan fingerprint density at radius 2 is 1.74 bits per heavy atom. The summed E-state index contributed by atoms with van der Waals surface area (Å²) in [5.41, 5.74) is 5.50. The van der Waals surface area contributed by atoms with Gasteiger partial charge in [0.15, 0.2) is 12.1 Å². The highest BCUT2D eigenvalue weighted by atomic mass is 16.7. The molecule has 13 atom stereocenters. The highest BCUT2D eigenvalue weighted by Gasteiger charge is 2.74. The molecule has 7 nitrogen and oxygen atoms in total. The molecule has 2 saturated heterocycles. The number of fused-ring (bicyclic) bond motifs is 4. The quantitative estimate of drug-likeness (QED) is 0.518. The molecule has 0 aromatic heterocycles. The molecule has 4 saturated carbocycles. The van der Waals surface area contributed by atoms with E-state index in [1.54, 1.807) is 7.11 Å². The topological polar surface area (TPSA) is 103 Å². The fourth-order valence-corrected chi connectivity index (χ4v) is 10.2. The van der Waals surface area contributed by atoms with Gasteiger partial charge in [-0.25, -0.2) is 0 Å². The molecule has 4 N–H and O–H groups in total. The minimum absolute atomic E-state index is 0.0288. The molecule has 0 bridgehead atoms. The van der Waals surface area contributed by atoms with Crippen molar-refractivity contribution in [2.75, 3.05) is 13.7 Å². The number of ether oxygens (including phenoxy) is 4. The van der Waals surface area contributed by atoms with Crippen LogP contribution in [0.4, 0.5) is 0 Å². The van der Waals surface area contributed by atoms with Crippen molar-refractivity contribution in [2.24, 2.45) is 40.2 Å². The van der Waals surface area contributed by atoms with Gasteiger partial charge in [0.05, 0.1) is 36.6 Å². The Kier molecular flexibility index (Phi) is 5.98. The van der Waals surface area contributed by atoms with Gasteiger partial charge in [0.2, 0.25) is 0 Å². The number of hydrogen-bond acceptors (Lipinski definition) is 7. The number of rotatable bonds is 3. The van der Waals surface area contributed by atoms with Crippen LogP contribution in [0.2, 0.25) is 0 Å². The molecule has 7 heteroatoms.